The molecule has 1 fully saturated rings. The molecule has 0 aliphatic carbocycles. The topological polar surface area (TPSA) is 38.5 Å². The molecule has 1 saturated heterocycles. The Morgan fingerprint density at radius 3 is 2.95 bits per heavy atom. The number of thioether (sulfide) groups is 1. The molecule has 0 bridgehead atoms. The summed E-state index contributed by atoms with van der Waals surface area (Å²) >= 11 is 2.08. The molecule has 1 heterocycles. The van der Waals surface area contributed by atoms with Gasteiger partial charge in [-0.3, -0.25) is 4.90 Å². The van der Waals surface area contributed by atoms with E-state index in [1.807, 2.05) is 24.3 Å². The van der Waals surface area contributed by atoms with Gasteiger partial charge in [-0.15, -0.1) is 0 Å². The van der Waals surface area contributed by atoms with E-state index < -0.39 is 0 Å². The van der Waals surface area contributed by atoms with Gasteiger partial charge in [0.05, 0.1) is 6.61 Å². The van der Waals surface area contributed by atoms with Crippen molar-refractivity contribution in [2.24, 2.45) is 5.73 Å². The van der Waals surface area contributed by atoms with Crippen molar-refractivity contribution in [2.45, 2.75) is 38.1 Å². The molecule has 1 aliphatic rings. The van der Waals surface area contributed by atoms with Gasteiger partial charge in [0.25, 0.3) is 0 Å². The summed E-state index contributed by atoms with van der Waals surface area (Å²) in [5.74, 6) is 2.19. The van der Waals surface area contributed by atoms with Crippen molar-refractivity contribution >= 4 is 11.8 Å². The molecule has 0 aromatic heterocycles. The highest BCUT2D eigenvalue weighted by molar-refractivity contribution is 8.00. The van der Waals surface area contributed by atoms with Crippen molar-refractivity contribution in [2.75, 3.05) is 25.4 Å². The third kappa shape index (κ3) is 4.14. The van der Waals surface area contributed by atoms with Gasteiger partial charge >= 0.3 is 0 Å². The van der Waals surface area contributed by atoms with Gasteiger partial charge < -0.3 is 10.5 Å². The molecule has 2 unspecified atom stereocenters. The predicted octanol–water partition coefficient (Wildman–Crippen LogP) is 2.74. The standard InChI is InChI=1S/C16H26N2OS/c1-13-14(2)20-11-9-18(13)8-5-10-19-16-7-4-3-6-15(16)12-17/h3-4,6-7,13-14H,5,8-12,17H2,1-2H3. The molecule has 4 heteroatoms. The lowest BCUT2D eigenvalue weighted by molar-refractivity contribution is 0.191. The van der Waals surface area contributed by atoms with Crippen LogP contribution in [-0.4, -0.2) is 41.6 Å². The van der Waals surface area contributed by atoms with Crippen LogP contribution in [0.1, 0.15) is 25.8 Å². The summed E-state index contributed by atoms with van der Waals surface area (Å²) in [6.07, 6.45) is 1.07. The molecule has 2 atom stereocenters. The second kappa shape index (κ2) is 7.91. The zero-order chi connectivity index (χ0) is 14.4. The molecule has 1 aromatic rings. The molecule has 1 aromatic carbocycles. The summed E-state index contributed by atoms with van der Waals surface area (Å²) in [5, 5.41) is 0.739. The van der Waals surface area contributed by atoms with Crippen LogP contribution in [0.5, 0.6) is 5.75 Å². The Balaban J connectivity index is 1.73. The first kappa shape index (κ1) is 15.7. The van der Waals surface area contributed by atoms with Crippen molar-refractivity contribution in [3.8, 4) is 5.75 Å². The highest BCUT2D eigenvalue weighted by Gasteiger charge is 2.24. The third-order valence-corrected chi connectivity index (χ3v) is 5.39. The highest BCUT2D eigenvalue weighted by Crippen LogP contribution is 2.24. The molecule has 20 heavy (non-hydrogen) atoms. The van der Waals surface area contributed by atoms with Crippen molar-refractivity contribution in [1.82, 2.24) is 4.90 Å². The fourth-order valence-corrected chi connectivity index (χ4v) is 3.74. The Labute approximate surface area is 126 Å². The van der Waals surface area contributed by atoms with Gasteiger partial charge in [0.2, 0.25) is 0 Å². The Bertz CT molecular complexity index is 413. The summed E-state index contributed by atoms with van der Waals surface area (Å²) < 4.78 is 5.87. The molecule has 0 amide bonds. The number of benzene rings is 1. The number of para-hydroxylation sites is 1. The number of hydrogen-bond donors (Lipinski definition) is 1. The van der Waals surface area contributed by atoms with Gasteiger partial charge in [-0.25, -0.2) is 0 Å². The maximum absolute atomic E-state index is 5.87. The maximum Gasteiger partial charge on any atom is 0.123 e. The molecule has 2 N–H and O–H groups in total. The lowest BCUT2D eigenvalue weighted by atomic mass is 10.2. The SMILES string of the molecule is CC1SCCN(CCCOc2ccccc2CN)C1C. The summed E-state index contributed by atoms with van der Waals surface area (Å²) in [6, 6.07) is 8.71. The Morgan fingerprint density at radius 2 is 2.15 bits per heavy atom. The van der Waals surface area contributed by atoms with E-state index in [1.54, 1.807) is 0 Å². The predicted molar refractivity (Wildman–Crippen MR) is 87.4 cm³/mol. The molecule has 3 nitrogen and oxygen atoms in total. The van der Waals surface area contributed by atoms with E-state index in [0.29, 0.717) is 12.6 Å². The van der Waals surface area contributed by atoms with Gasteiger partial charge in [0, 0.05) is 42.2 Å². The number of nitrogens with zero attached hydrogens (tertiary/aromatic N) is 1. The first-order chi connectivity index (χ1) is 9.72. The first-order valence-corrected chi connectivity index (χ1v) is 8.53. The molecule has 2 rings (SSSR count). The van der Waals surface area contributed by atoms with Crippen LogP contribution >= 0.6 is 11.8 Å². The number of ether oxygens (including phenoxy) is 1. The second-order valence-electron chi connectivity index (χ2n) is 5.37. The van der Waals surface area contributed by atoms with E-state index in [0.717, 1.165) is 36.1 Å². The summed E-state index contributed by atoms with van der Waals surface area (Å²) in [6.45, 7) is 8.29. The van der Waals surface area contributed by atoms with Crippen molar-refractivity contribution in [3.63, 3.8) is 0 Å². The largest absolute Gasteiger partial charge is 0.493 e. The van der Waals surface area contributed by atoms with Crippen molar-refractivity contribution in [1.29, 1.82) is 0 Å². The molecule has 112 valence electrons. The monoisotopic (exact) mass is 294 g/mol. The maximum atomic E-state index is 5.87. The Kier molecular flexibility index (Phi) is 6.20. The fourth-order valence-electron chi connectivity index (χ4n) is 2.57. The fraction of sp³-hybridized carbons (Fsp3) is 0.625. The molecule has 0 spiro atoms. The second-order valence-corrected chi connectivity index (χ2v) is 6.85. The first-order valence-electron chi connectivity index (χ1n) is 7.49. The Hall–Kier alpha value is -0.710. The molecule has 1 aliphatic heterocycles. The minimum absolute atomic E-state index is 0.536. The lowest BCUT2D eigenvalue weighted by Crippen LogP contribution is -2.45. The lowest BCUT2D eigenvalue weighted by Gasteiger charge is -2.37. The quantitative estimate of drug-likeness (QED) is 0.819. The van der Waals surface area contributed by atoms with Crippen molar-refractivity contribution < 1.29 is 4.74 Å². The van der Waals surface area contributed by atoms with Gasteiger partial charge in [0.1, 0.15) is 5.75 Å². The minimum atomic E-state index is 0.536. The molecule has 0 saturated carbocycles. The van der Waals surface area contributed by atoms with Crippen molar-refractivity contribution in [3.05, 3.63) is 29.8 Å². The zero-order valence-corrected chi connectivity index (χ0v) is 13.4. The molecule has 0 radical (unpaired) electrons. The van der Waals surface area contributed by atoms with Crippen LogP contribution in [0.3, 0.4) is 0 Å². The van der Waals surface area contributed by atoms with Gasteiger partial charge in [0.15, 0.2) is 0 Å². The van der Waals surface area contributed by atoms with Gasteiger partial charge in [-0.2, -0.15) is 11.8 Å². The summed E-state index contributed by atoms with van der Waals surface area (Å²) in [5.41, 5.74) is 6.80. The molecular formula is C16H26N2OS. The Morgan fingerprint density at radius 1 is 1.35 bits per heavy atom. The third-order valence-electron chi connectivity index (χ3n) is 4.05. The minimum Gasteiger partial charge on any atom is -0.493 e. The van der Waals surface area contributed by atoms with Crippen LogP contribution in [-0.2, 0) is 6.54 Å². The molecular weight excluding hydrogens is 268 g/mol. The van der Waals surface area contributed by atoms with E-state index in [9.17, 15) is 0 Å². The van der Waals surface area contributed by atoms with Crippen LogP contribution in [0.15, 0.2) is 24.3 Å². The van der Waals surface area contributed by atoms with E-state index in [-0.39, 0.29) is 0 Å². The highest BCUT2D eigenvalue weighted by atomic mass is 32.2. The number of nitrogens with two attached hydrogens (primary N) is 1. The van der Waals surface area contributed by atoms with E-state index in [2.05, 4.69) is 30.5 Å². The zero-order valence-electron chi connectivity index (χ0n) is 12.5. The van der Waals surface area contributed by atoms with Crippen LogP contribution in [0.25, 0.3) is 0 Å². The number of rotatable bonds is 6. The van der Waals surface area contributed by atoms with Gasteiger partial charge in [-0.1, -0.05) is 25.1 Å². The van der Waals surface area contributed by atoms with E-state index in [1.165, 1.54) is 12.3 Å². The average molecular weight is 294 g/mol. The normalized spacial score (nSPS) is 23.8. The van der Waals surface area contributed by atoms with Crippen LogP contribution < -0.4 is 10.5 Å². The van der Waals surface area contributed by atoms with E-state index in [4.69, 9.17) is 10.5 Å². The summed E-state index contributed by atoms with van der Waals surface area (Å²) in [4.78, 5) is 2.58. The van der Waals surface area contributed by atoms with Gasteiger partial charge in [-0.05, 0) is 19.4 Å². The van der Waals surface area contributed by atoms with Crippen LogP contribution in [0.2, 0.25) is 0 Å². The van der Waals surface area contributed by atoms with Crippen LogP contribution in [0.4, 0.5) is 0 Å². The number of hydrogen-bond acceptors (Lipinski definition) is 4. The smallest absolute Gasteiger partial charge is 0.123 e. The average Bonchev–Trinajstić information content (AvgIpc) is 2.48. The van der Waals surface area contributed by atoms with E-state index >= 15 is 0 Å². The summed E-state index contributed by atoms with van der Waals surface area (Å²) in [7, 11) is 0. The van der Waals surface area contributed by atoms with Crippen LogP contribution in [0, 0.1) is 0 Å².